The molecule has 1 rings (SSSR count). The monoisotopic (exact) mass is 341 g/mol. The molecular weight excluding hydrogens is 325 g/mol. The molecule has 1 aromatic carbocycles. The van der Waals surface area contributed by atoms with Gasteiger partial charge in [-0.15, -0.1) is 0 Å². The van der Waals surface area contributed by atoms with E-state index in [9.17, 15) is 8.42 Å². The van der Waals surface area contributed by atoms with Gasteiger partial charge in [-0.25, -0.2) is 5.14 Å². The van der Waals surface area contributed by atoms with Gasteiger partial charge in [0, 0.05) is 22.7 Å². The zero-order valence-corrected chi connectivity index (χ0v) is 13.7. The quantitative estimate of drug-likeness (QED) is 0.862. The Morgan fingerprint density at radius 2 is 1.70 bits per heavy atom. The molecule has 0 fully saturated rings. The molecule has 0 spiro atoms. The molecule has 2 N–H and O–H groups in total. The van der Waals surface area contributed by atoms with Crippen LogP contribution in [0.1, 0.15) is 25.5 Å². The molecule has 0 aromatic heterocycles. The van der Waals surface area contributed by atoms with Crippen LogP contribution < -0.4 is 5.14 Å². The lowest BCUT2D eigenvalue weighted by Gasteiger charge is -2.29. The van der Waals surface area contributed by atoms with E-state index in [1.165, 1.54) is 7.11 Å². The number of rotatable bonds is 6. The van der Waals surface area contributed by atoms with Crippen molar-refractivity contribution in [2.75, 3.05) is 7.11 Å². The van der Waals surface area contributed by atoms with Crippen molar-refractivity contribution in [1.82, 2.24) is 0 Å². The van der Waals surface area contributed by atoms with Crippen LogP contribution in [-0.4, -0.2) is 21.6 Å². The van der Waals surface area contributed by atoms with Crippen LogP contribution in [0.15, 0.2) is 18.2 Å². The Kier molecular flexibility index (Phi) is 6.25. The number of benzene rings is 1. The second kappa shape index (κ2) is 7.06. The predicted octanol–water partition coefficient (Wildman–Crippen LogP) is 2.93. The molecule has 0 radical (unpaired) electrons. The number of hydrogen-bond acceptors (Lipinski definition) is 4. The van der Waals surface area contributed by atoms with Crippen LogP contribution in [0.2, 0.25) is 10.0 Å². The minimum absolute atomic E-state index is 0.189. The van der Waals surface area contributed by atoms with Gasteiger partial charge in [0.25, 0.3) is 0 Å². The van der Waals surface area contributed by atoms with Gasteiger partial charge in [-0.3, -0.25) is 4.18 Å². The van der Waals surface area contributed by atoms with Gasteiger partial charge >= 0.3 is 10.3 Å². The van der Waals surface area contributed by atoms with Crippen molar-refractivity contribution < 1.29 is 17.3 Å². The smallest absolute Gasteiger partial charge is 0.333 e. The van der Waals surface area contributed by atoms with Gasteiger partial charge in [0.1, 0.15) is 12.2 Å². The molecule has 2 unspecified atom stereocenters. The highest BCUT2D eigenvalue weighted by Crippen LogP contribution is 2.37. The first-order chi connectivity index (χ1) is 9.17. The van der Waals surface area contributed by atoms with E-state index in [1.54, 1.807) is 32.0 Å². The number of halogens is 2. The molecule has 0 saturated carbocycles. The first-order valence-electron chi connectivity index (χ1n) is 5.85. The summed E-state index contributed by atoms with van der Waals surface area (Å²) in [6.07, 6.45) is -1.60. The fraction of sp³-hybridized carbons (Fsp3) is 0.500. The van der Waals surface area contributed by atoms with Crippen LogP contribution in [0.25, 0.3) is 0 Å². The van der Waals surface area contributed by atoms with Crippen molar-refractivity contribution in [3.63, 3.8) is 0 Å². The third kappa shape index (κ3) is 4.58. The molecule has 0 saturated heterocycles. The zero-order valence-electron chi connectivity index (χ0n) is 11.3. The third-order valence-corrected chi connectivity index (χ3v) is 3.89. The van der Waals surface area contributed by atoms with Gasteiger partial charge in [0.05, 0.1) is 0 Å². The maximum absolute atomic E-state index is 11.2. The number of methoxy groups -OCH3 is 1. The second-order valence-electron chi connectivity index (χ2n) is 4.59. The Labute approximate surface area is 129 Å². The highest BCUT2D eigenvalue weighted by atomic mass is 35.5. The molecule has 0 amide bonds. The van der Waals surface area contributed by atoms with E-state index in [0.29, 0.717) is 15.6 Å². The zero-order chi connectivity index (χ0) is 15.5. The van der Waals surface area contributed by atoms with Crippen LogP contribution in [0, 0.1) is 5.92 Å². The van der Waals surface area contributed by atoms with Gasteiger partial charge in [-0.1, -0.05) is 43.1 Å². The van der Waals surface area contributed by atoms with E-state index in [-0.39, 0.29) is 5.92 Å². The Morgan fingerprint density at radius 3 is 2.05 bits per heavy atom. The van der Waals surface area contributed by atoms with E-state index in [2.05, 4.69) is 0 Å². The predicted molar refractivity (Wildman–Crippen MR) is 79.0 cm³/mol. The maximum atomic E-state index is 11.2. The lowest BCUT2D eigenvalue weighted by atomic mass is 9.96. The largest absolute Gasteiger partial charge is 0.374 e. The van der Waals surface area contributed by atoms with Crippen molar-refractivity contribution in [3.8, 4) is 0 Å². The molecule has 0 aliphatic rings. The fourth-order valence-electron chi connectivity index (χ4n) is 1.86. The lowest BCUT2D eigenvalue weighted by Crippen LogP contribution is -2.34. The number of ether oxygens (including phenoxy) is 1. The van der Waals surface area contributed by atoms with Gasteiger partial charge < -0.3 is 4.74 Å². The van der Waals surface area contributed by atoms with Crippen LogP contribution in [-0.2, 0) is 19.2 Å². The SMILES string of the molecule is COC(c1c(Cl)cccc1Cl)C(OS(N)(=O)=O)C(C)C. The van der Waals surface area contributed by atoms with Crippen LogP contribution in [0.5, 0.6) is 0 Å². The van der Waals surface area contributed by atoms with Crippen molar-refractivity contribution in [2.24, 2.45) is 11.1 Å². The summed E-state index contributed by atoms with van der Waals surface area (Å²) in [5.74, 6) is -0.189. The topological polar surface area (TPSA) is 78.6 Å². The molecule has 114 valence electrons. The third-order valence-electron chi connectivity index (χ3n) is 2.74. The van der Waals surface area contributed by atoms with Gasteiger partial charge in [-0.05, 0) is 18.1 Å². The molecule has 8 heteroatoms. The minimum Gasteiger partial charge on any atom is -0.374 e. The first-order valence-corrected chi connectivity index (χ1v) is 8.07. The van der Waals surface area contributed by atoms with Crippen LogP contribution >= 0.6 is 23.2 Å². The first kappa shape index (κ1) is 17.7. The molecule has 0 heterocycles. The van der Waals surface area contributed by atoms with E-state index in [0.717, 1.165) is 0 Å². The lowest BCUT2D eigenvalue weighted by molar-refractivity contribution is -0.0182. The molecule has 0 bridgehead atoms. The van der Waals surface area contributed by atoms with Crippen LogP contribution in [0.4, 0.5) is 0 Å². The molecule has 2 atom stereocenters. The van der Waals surface area contributed by atoms with Gasteiger partial charge in [0.2, 0.25) is 0 Å². The number of hydrogen-bond donors (Lipinski definition) is 1. The summed E-state index contributed by atoms with van der Waals surface area (Å²) in [7, 11) is -2.70. The average molecular weight is 342 g/mol. The van der Waals surface area contributed by atoms with Crippen LogP contribution in [0.3, 0.4) is 0 Å². The molecule has 1 aromatic rings. The van der Waals surface area contributed by atoms with E-state index < -0.39 is 22.5 Å². The van der Waals surface area contributed by atoms with Crippen molar-refractivity contribution in [1.29, 1.82) is 0 Å². The van der Waals surface area contributed by atoms with E-state index >= 15 is 0 Å². The summed E-state index contributed by atoms with van der Waals surface area (Å²) in [5, 5.41) is 5.69. The van der Waals surface area contributed by atoms with Gasteiger partial charge in [0.15, 0.2) is 0 Å². The Morgan fingerprint density at radius 1 is 1.20 bits per heavy atom. The van der Waals surface area contributed by atoms with E-state index in [4.69, 9.17) is 37.3 Å². The van der Waals surface area contributed by atoms with Crippen molar-refractivity contribution in [2.45, 2.75) is 26.1 Å². The summed E-state index contributed by atoms with van der Waals surface area (Å²) in [5.41, 5.74) is 0.473. The normalized spacial score (nSPS) is 15.3. The molecule has 20 heavy (non-hydrogen) atoms. The molecule has 0 aliphatic heterocycles. The Hall–Kier alpha value is -0.370. The summed E-state index contributed by atoms with van der Waals surface area (Å²) >= 11 is 12.2. The molecular formula is C12H17Cl2NO4S. The summed E-state index contributed by atoms with van der Waals surface area (Å²) in [6, 6.07) is 4.97. The highest BCUT2D eigenvalue weighted by molar-refractivity contribution is 7.84. The Balaban J connectivity index is 3.27. The second-order valence-corrected chi connectivity index (χ2v) is 6.58. The fourth-order valence-corrected chi connectivity index (χ4v) is 3.11. The summed E-state index contributed by atoms with van der Waals surface area (Å²) < 4.78 is 32.7. The molecule has 0 aliphatic carbocycles. The minimum atomic E-state index is -4.12. The van der Waals surface area contributed by atoms with Crippen molar-refractivity contribution in [3.05, 3.63) is 33.8 Å². The summed E-state index contributed by atoms with van der Waals surface area (Å²) in [6.45, 7) is 3.57. The standard InChI is InChI=1S/C12H17Cl2NO4S/c1-7(2)11(19-20(15,16)17)12(18-3)10-8(13)5-4-6-9(10)14/h4-7,11-12H,1-3H3,(H2,15,16,17). The maximum Gasteiger partial charge on any atom is 0.333 e. The molecule has 5 nitrogen and oxygen atoms in total. The Bertz CT molecular complexity index is 542. The summed E-state index contributed by atoms with van der Waals surface area (Å²) in [4.78, 5) is 0. The van der Waals surface area contributed by atoms with E-state index in [1.807, 2.05) is 0 Å². The van der Waals surface area contributed by atoms with Gasteiger partial charge in [-0.2, -0.15) is 8.42 Å². The average Bonchev–Trinajstić information content (AvgIpc) is 2.30. The van der Waals surface area contributed by atoms with Crippen molar-refractivity contribution >= 4 is 33.5 Å². The highest BCUT2D eigenvalue weighted by Gasteiger charge is 2.33. The number of nitrogens with two attached hydrogens (primary N) is 1.